The van der Waals surface area contributed by atoms with Gasteiger partial charge in [0.15, 0.2) is 11.6 Å². The largest absolute Gasteiger partial charge is 0.481 e. The fraction of sp³-hybridized carbons (Fsp3) is 0.700. The SMILES string of the molecule is COC(=O)N(CCOCCOCCOCCOCCC(=O)O)CCN(C)C(=O)CC(C)(C)C1=C(C)C(=O)C(C)=C(C)C1=O. The number of carboxylic acids is 1. The molecule has 43 heavy (non-hydrogen) atoms. The van der Waals surface area contributed by atoms with Gasteiger partial charge in [-0.25, -0.2) is 4.79 Å². The molecule has 1 aliphatic rings. The normalized spacial score (nSPS) is 13.9. The highest BCUT2D eigenvalue weighted by molar-refractivity contribution is 6.25. The molecule has 0 atom stereocenters. The molecule has 0 saturated carbocycles. The van der Waals surface area contributed by atoms with E-state index >= 15 is 0 Å². The number of rotatable bonds is 21. The zero-order valence-electron chi connectivity index (χ0n) is 26.6. The van der Waals surface area contributed by atoms with Crippen molar-refractivity contribution in [2.75, 3.05) is 86.6 Å². The minimum absolute atomic E-state index is 0.0223. The van der Waals surface area contributed by atoms with Gasteiger partial charge in [-0.15, -0.1) is 0 Å². The van der Waals surface area contributed by atoms with Gasteiger partial charge in [-0.3, -0.25) is 19.2 Å². The Labute approximate surface area is 254 Å². The Hall–Kier alpha value is -3.13. The summed E-state index contributed by atoms with van der Waals surface area (Å²) in [5, 5.41) is 8.52. The van der Waals surface area contributed by atoms with Crippen molar-refractivity contribution in [3.8, 4) is 0 Å². The molecule has 13 heteroatoms. The number of nitrogens with zero attached hydrogens (tertiary/aromatic N) is 2. The van der Waals surface area contributed by atoms with Crippen LogP contribution in [0.15, 0.2) is 22.3 Å². The lowest BCUT2D eigenvalue weighted by molar-refractivity contribution is -0.138. The van der Waals surface area contributed by atoms with Crippen LogP contribution in [0.2, 0.25) is 0 Å². The number of amides is 2. The highest BCUT2D eigenvalue weighted by Gasteiger charge is 2.38. The molecular weight excluding hydrogens is 564 g/mol. The Bertz CT molecular complexity index is 1050. The molecule has 0 saturated heterocycles. The zero-order valence-corrected chi connectivity index (χ0v) is 26.6. The Kier molecular flexibility index (Phi) is 16.9. The van der Waals surface area contributed by atoms with Gasteiger partial charge in [0.1, 0.15) is 0 Å². The summed E-state index contributed by atoms with van der Waals surface area (Å²) in [6.45, 7) is 11.6. The van der Waals surface area contributed by atoms with Gasteiger partial charge in [0.05, 0.1) is 66.4 Å². The van der Waals surface area contributed by atoms with Crippen molar-refractivity contribution in [3.05, 3.63) is 22.3 Å². The van der Waals surface area contributed by atoms with Crippen LogP contribution in [0.25, 0.3) is 0 Å². The molecule has 0 radical (unpaired) electrons. The Morgan fingerprint density at radius 2 is 1.21 bits per heavy atom. The highest BCUT2D eigenvalue weighted by atomic mass is 16.6. The van der Waals surface area contributed by atoms with E-state index in [2.05, 4.69) is 0 Å². The molecule has 0 aromatic rings. The number of carbonyl (C=O) groups excluding carboxylic acids is 4. The minimum Gasteiger partial charge on any atom is -0.481 e. The Balaban J connectivity index is 2.39. The number of carbonyl (C=O) groups is 5. The lowest BCUT2D eigenvalue weighted by Gasteiger charge is -2.33. The smallest absolute Gasteiger partial charge is 0.409 e. The molecule has 1 N–H and O–H groups in total. The van der Waals surface area contributed by atoms with Crippen LogP contribution in [0.3, 0.4) is 0 Å². The van der Waals surface area contributed by atoms with Crippen LogP contribution >= 0.6 is 0 Å². The summed E-state index contributed by atoms with van der Waals surface area (Å²) < 4.78 is 26.3. The van der Waals surface area contributed by atoms with E-state index in [0.717, 1.165) is 0 Å². The molecule has 1 rings (SSSR count). The highest BCUT2D eigenvalue weighted by Crippen LogP contribution is 2.39. The van der Waals surface area contributed by atoms with Gasteiger partial charge < -0.3 is 38.6 Å². The van der Waals surface area contributed by atoms with E-state index in [1.807, 2.05) is 0 Å². The summed E-state index contributed by atoms with van der Waals surface area (Å²) >= 11 is 0. The molecule has 1 aliphatic carbocycles. The summed E-state index contributed by atoms with van der Waals surface area (Å²) in [4.78, 5) is 64.3. The third-order valence-corrected chi connectivity index (χ3v) is 7.10. The number of allylic oxidation sites excluding steroid dienone is 4. The van der Waals surface area contributed by atoms with Crippen LogP contribution in [0.4, 0.5) is 4.79 Å². The molecule has 0 bridgehead atoms. The maximum atomic E-state index is 13.1. The lowest BCUT2D eigenvalue weighted by atomic mass is 9.71. The van der Waals surface area contributed by atoms with Gasteiger partial charge in [-0.05, 0) is 20.8 Å². The van der Waals surface area contributed by atoms with Gasteiger partial charge in [0.2, 0.25) is 5.91 Å². The standard InChI is InChI=1S/C30H48N2O11/c1-21-22(2)28(37)26(23(3)27(21)36)30(4,5)20-24(33)31(6)9-10-32(29(38)39-7)11-13-41-15-17-43-19-18-42-16-14-40-12-8-25(34)35/h8-20H2,1-7H3,(H,34,35). The predicted molar refractivity (Wildman–Crippen MR) is 157 cm³/mol. The number of hydrogen-bond donors (Lipinski definition) is 1. The first-order valence-corrected chi connectivity index (χ1v) is 14.3. The van der Waals surface area contributed by atoms with Crippen molar-refractivity contribution in [3.63, 3.8) is 0 Å². The molecule has 0 aromatic heterocycles. The predicted octanol–water partition coefficient (Wildman–Crippen LogP) is 2.28. The van der Waals surface area contributed by atoms with Crippen molar-refractivity contribution in [2.24, 2.45) is 5.41 Å². The van der Waals surface area contributed by atoms with Crippen LogP contribution < -0.4 is 0 Å². The van der Waals surface area contributed by atoms with Crippen LogP contribution in [-0.4, -0.2) is 131 Å². The van der Waals surface area contributed by atoms with Crippen molar-refractivity contribution in [1.29, 1.82) is 0 Å². The number of ketones is 2. The number of methoxy groups -OCH3 is 1. The number of carboxylic acid groups (broad SMARTS) is 1. The summed E-state index contributed by atoms with van der Waals surface area (Å²) in [7, 11) is 2.91. The van der Waals surface area contributed by atoms with Crippen LogP contribution in [-0.2, 0) is 42.9 Å². The van der Waals surface area contributed by atoms with Gasteiger partial charge in [-0.2, -0.15) is 0 Å². The number of Topliss-reactive ketones (excluding diaryl/α,β-unsaturated/α-hetero) is 2. The molecule has 0 heterocycles. The zero-order chi connectivity index (χ0) is 32.6. The Morgan fingerprint density at radius 1 is 0.721 bits per heavy atom. The first-order chi connectivity index (χ1) is 20.2. The fourth-order valence-corrected chi connectivity index (χ4v) is 4.42. The van der Waals surface area contributed by atoms with Gasteiger partial charge in [0.25, 0.3) is 0 Å². The second-order valence-electron chi connectivity index (χ2n) is 10.8. The topological polar surface area (TPSA) is 158 Å². The molecule has 0 aromatic carbocycles. The molecular formula is C30H48N2O11. The number of hydrogen-bond acceptors (Lipinski definition) is 10. The van der Waals surface area contributed by atoms with Crippen LogP contribution in [0, 0.1) is 5.41 Å². The molecule has 0 spiro atoms. The van der Waals surface area contributed by atoms with Gasteiger partial charge in [-0.1, -0.05) is 13.8 Å². The first kappa shape index (κ1) is 37.9. The van der Waals surface area contributed by atoms with Crippen LogP contribution in [0.1, 0.15) is 47.5 Å². The van der Waals surface area contributed by atoms with Crippen molar-refractivity contribution in [1.82, 2.24) is 9.80 Å². The summed E-state index contributed by atoms with van der Waals surface area (Å²) in [6.07, 6.45) is -0.565. The van der Waals surface area contributed by atoms with E-state index in [0.29, 0.717) is 61.9 Å². The van der Waals surface area contributed by atoms with Crippen LogP contribution in [0.5, 0.6) is 0 Å². The fourth-order valence-electron chi connectivity index (χ4n) is 4.42. The third-order valence-electron chi connectivity index (χ3n) is 7.10. The average molecular weight is 613 g/mol. The molecule has 0 fully saturated rings. The first-order valence-electron chi connectivity index (χ1n) is 14.3. The second kappa shape index (κ2) is 19.2. The van der Waals surface area contributed by atoms with E-state index in [-0.39, 0.29) is 63.2 Å². The maximum absolute atomic E-state index is 13.1. The number of aliphatic carboxylic acids is 1. The Morgan fingerprint density at radius 3 is 1.72 bits per heavy atom. The number of ether oxygens (including phenoxy) is 5. The number of likely N-dealkylation sites (N-methyl/N-ethyl adjacent to an activating group) is 1. The summed E-state index contributed by atoms with van der Waals surface area (Å²) in [6, 6.07) is 0. The van der Waals surface area contributed by atoms with Gasteiger partial charge in [0, 0.05) is 60.8 Å². The van der Waals surface area contributed by atoms with Crippen molar-refractivity contribution < 1.29 is 52.8 Å². The van der Waals surface area contributed by atoms with Crippen molar-refractivity contribution in [2.45, 2.75) is 47.5 Å². The van der Waals surface area contributed by atoms with E-state index < -0.39 is 17.5 Å². The van der Waals surface area contributed by atoms with Gasteiger partial charge >= 0.3 is 12.1 Å². The summed E-state index contributed by atoms with van der Waals surface area (Å²) in [5.74, 6) is -1.51. The summed E-state index contributed by atoms with van der Waals surface area (Å²) in [5.41, 5.74) is 0.731. The monoisotopic (exact) mass is 612 g/mol. The molecule has 13 nitrogen and oxygen atoms in total. The van der Waals surface area contributed by atoms with E-state index in [1.54, 1.807) is 41.7 Å². The van der Waals surface area contributed by atoms with E-state index in [4.69, 9.17) is 28.8 Å². The molecule has 0 aliphatic heterocycles. The molecule has 244 valence electrons. The van der Waals surface area contributed by atoms with E-state index in [1.165, 1.54) is 16.9 Å². The minimum atomic E-state index is -0.906. The average Bonchev–Trinajstić information content (AvgIpc) is 2.95. The van der Waals surface area contributed by atoms with Crippen molar-refractivity contribution >= 4 is 29.5 Å². The maximum Gasteiger partial charge on any atom is 0.409 e. The third kappa shape index (κ3) is 13.0. The quantitative estimate of drug-likeness (QED) is 0.150. The lowest BCUT2D eigenvalue weighted by Crippen LogP contribution is -2.42. The van der Waals surface area contributed by atoms with E-state index in [9.17, 15) is 24.0 Å². The molecule has 0 unspecified atom stereocenters. The second-order valence-corrected chi connectivity index (χ2v) is 10.8. The molecule has 2 amide bonds.